The number of hydrogen-bond acceptors (Lipinski definition) is 19. The molecular formula is C65H70N4O14S. The molecule has 2 aliphatic rings. The monoisotopic (exact) mass is 1160 g/mol. The number of benzene rings is 4. The topological polar surface area (TPSA) is 218 Å². The molecule has 4 aromatic carbocycles. The Labute approximate surface area is 492 Å². The minimum Gasteiger partial charge on any atom is -0.494 e. The number of rotatable bonds is 30. The molecule has 8 rings (SSSR count). The zero-order chi connectivity index (χ0) is 58.9. The van der Waals surface area contributed by atoms with Crippen LogP contribution in [-0.4, -0.2) is 78.4 Å². The van der Waals surface area contributed by atoms with Crippen molar-refractivity contribution in [2.75, 3.05) is 31.4 Å². The number of unbranched alkanes of at least 4 members (excludes halogenated alkanes) is 6. The molecule has 0 N–H and O–H groups in total. The molecule has 0 atom stereocenters. The number of aromatic nitrogens is 2. The van der Waals surface area contributed by atoms with Crippen LogP contribution in [0.1, 0.15) is 108 Å². The summed E-state index contributed by atoms with van der Waals surface area (Å²) in [5, 5.41) is 6.97. The van der Waals surface area contributed by atoms with Crippen molar-refractivity contribution in [2.24, 2.45) is 28.8 Å². The molecule has 2 fully saturated rings. The number of esters is 6. The zero-order valence-electron chi connectivity index (χ0n) is 47.0. The summed E-state index contributed by atoms with van der Waals surface area (Å²) < 4.78 is 46.2. The third-order valence-corrected chi connectivity index (χ3v) is 15.4. The second kappa shape index (κ2) is 32.2. The lowest BCUT2D eigenvalue weighted by molar-refractivity contribution is -0.145. The van der Waals surface area contributed by atoms with Crippen LogP contribution in [0, 0.1) is 23.7 Å². The zero-order valence-corrected chi connectivity index (χ0v) is 47.8. The van der Waals surface area contributed by atoms with Crippen molar-refractivity contribution >= 4 is 74.5 Å². The maximum atomic E-state index is 14.0. The Hall–Kier alpha value is -8.71. The molecule has 0 saturated heterocycles. The molecule has 0 spiro atoms. The van der Waals surface area contributed by atoms with Crippen molar-refractivity contribution in [2.45, 2.75) is 103 Å². The van der Waals surface area contributed by atoms with Crippen LogP contribution in [0.2, 0.25) is 0 Å². The van der Waals surface area contributed by atoms with Gasteiger partial charge in [0.15, 0.2) is 5.82 Å². The summed E-state index contributed by atoms with van der Waals surface area (Å²) in [4.78, 5) is 86.0. The molecule has 2 aromatic heterocycles. The molecule has 84 heavy (non-hydrogen) atoms. The minimum atomic E-state index is -0.496. The smallest absolute Gasteiger partial charge is 0.330 e. The van der Waals surface area contributed by atoms with Gasteiger partial charge < -0.3 is 37.9 Å². The summed E-state index contributed by atoms with van der Waals surface area (Å²) in [6.07, 6.45) is 15.7. The summed E-state index contributed by atoms with van der Waals surface area (Å²) in [6.45, 7) is 8.56. The fourth-order valence-electron chi connectivity index (χ4n) is 9.63. The second-order valence-corrected chi connectivity index (χ2v) is 21.4. The lowest BCUT2D eigenvalue weighted by Crippen LogP contribution is -2.30. The van der Waals surface area contributed by atoms with E-state index >= 15 is 0 Å². The highest BCUT2D eigenvalue weighted by molar-refractivity contribution is 7.22. The number of carbonyl (C=O) groups excluding carboxylic acids is 6. The van der Waals surface area contributed by atoms with E-state index in [-0.39, 0.29) is 23.4 Å². The van der Waals surface area contributed by atoms with Gasteiger partial charge in [-0.15, -0.1) is 0 Å². The highest BCUT2D eigenvalue weighted by Crippen LogP contribution is 2.37. The van der Waals surface area contributed by atoms with Crippen LogP contribution in [0.3, 0.4) is 0 Å². The number of hydrogen-bond donors (Lipinski definition) is 0. The molecule has 6 aromatic rings. The molecule has 0 amide bonds. The Balaban J connectivity index is 0.840. The average Bonchev–Trinajstić information content (AvgIpc) is 4.03. The van der Waals surface area contributed by atoms with E-state index in [4.69, 9.17) is 48.0 Å². The van der Waals surface area contributed by atoms with Crippen molar-refractivity contribution in [3.8, 4) is 34.5 Å². The number of hydrazone groups is 1. The largest absolute Gasteiger partial charge is 0.494 e. The van der Waals surface area contributed by atoms with Gasteiger partial charge in [0.2, 0.25) is 5.13 Å². The van der Waals surface area contributed by atoms with Crippen LogP contribution in [-0.2, 0) is 38.2 Å². The normalized spacial score (nSPS) is 16.6. The maximum Gasteiger partial charge on any atom is 0.330 e. The number of anilines is 2. The summed E-state index contributed by atoms with van der Waals surface area (Å²) in [5.41, 5.74) is 1.13. The number of para-hydroxylation sites is 1. The number of nitrogens with zero attached hydrogens (tertiary/aromatic N) is 4. The highest BCUT2D eigenvalue weighted by Gasteiger charge is 2.34. The molecule has 0 aliphatic heterocycles. The van der Waals surface area contributed by atoms with E-state index in [2.05, 4.69) is 18.1 Å². The van der Waals surface area contributed by atoms with Crippen molar-refractivity contribution in [1.29, 1.82) is 0 Å². The molecule has 0 unspecified atom stereocenters. The number of fused-ring (bicyclic) bond motifs is 1. The van der Waals surface area contributed by atoms with E-state index in [1.54, 1.807) is 90.1 Å². The fraction of sp³-hybridized carbons (Fsp3) is 0.369. The van der Waals surface area contributed by atoms with Crippen molar-refractivity contribution in [1.82, 2.24) is 9.97 Å². The quantitative estimate of drug-likeness (QED) is 0.0102. The third kappa shape index (κ3) is 18.9. The Bertz CT molecular complexity index is 3150. The van der Waals surface area contributed by atoms with Gasteiger partial charge in [-0.25, -0.2) is 19.6 Å². The van der Waals surface area contributed by atoms with Gasteiger partial charge in [-0.05, 0) is 194 Å². The Kier molecular flexibility index (Phi) is 23.5. The van der Waals surface area contributed by atoms with Gasteiger partial charge in [0.25, 0.3) is 0 Å². The van der Waals surface area contributed by atoms with Gasteiger partial charge in [-0.2, -0.15) is 10.1 Å². The van der Waals surface area contributed by atoms with E-state index in [9.17, 15) is 28.8 Å². The van der Waals surface area contributed by atoms with Crippen molar-refractivity contribution in [3.63, 3.8) is 0 Å². The molecule has 0 bridgehead atoms. The standard InChI is InChI=1S/C65H70N4O14S/c1-3-59(70)78-41-15-7-5-13-39-76-50-28-32-52(33-29-50)80-61(72)45-20-22-47(23-21-45)63(74)82-54-36-37-56(49(43-54)44-67-69(58-19-11-12-38-66-58)65-68-55-17-9-10-18-57(55)84-65)83-64(75)48-26-24-46(25-27-48)62(73)81-53-34-30-51(31-35-53)77-40-14-6-8-16-42-79-60(71)4-2/h3-4,9-12,17-19,28-38,43-48H,1-2,5-8,13-16,20-27,39-42H2/b67-44+/t45-,46-,47-,48-. The lowest BCUT2D eigenvalue weighted by atomic mass is 9.82. The van der Waals surface area contributed by atoms with Gasteiger partial charge in [-0.3, -0.25) is 19.2 Å². The number of thiazole rings is 1. The van der Waals surface area contributed by atoms with Gasteiger partial charge >= 0.3 is 35.8 Å². The Morgan fingerprint density at radius 2 is 0.952 bits per heavy atom. The van der Waals surface area contributed by atoms with E-state index in [1.807, 2.05) is 30.3 Å². The first-order chi connectivity index (χ1) is 41.0. The first kappa shape index (κ1) is 61.4. The number of ether oxygens (including phenoxy) is 8. The summed E-state index contributed by atoms with van der Waals surface area (Å²) in [6, 6.07) is 31.7. The van der Waals surface area contributed by atoms with Crippen LogP contribution in [0.5, 0.6) is 34.5 Å². The van der Waals surface area contributed by atoms with E-state index in [1.165, 1.54) is 17.6 Å². The fourth-order valence-corrected chi connectivity index (χ4v) is 10.6. The highest BCUT2D eigenvalue weighted by atomic mass is 32.1. The van der Waals surface area contributed by atoms with Crippen molar-refractivity contribution in [3.05, 3.63) is 146 Å². The molecule has 440 valence electrons. The minimum absolute atomic E-state index is 0.182. The molecule has 2 heterocycles. The molecule has 2 aliphatic carbocycles. The number of carbonyl (C=O) groups is 6. The first-order valence-corrected chi connectivity index (χ1v) is 29.5. The second-order valence-electron chi connectivity index (χ2n) is 20.4. The van der Waals surface area contributed by atoms with E-state index in [0.29, 0.717) is 117 Å². The molecule has 0 radical (unpaired) electrons. The third-order valence-electron chi connectivity index (χ3n) is 14.4. The predicted octanol–water partition coefficient (Wildman–Crippen LogP) is 12.8. The Morgan fingerprint density at radius 3 is 1.43 bits per heavy atom. The number of pyridine rings is 1. The summed E-state index contributed by atoms with van der Waals surface area (Å²) in [5.74, 6) is -1.26. The predicted molar refractivity (Wildman–Crippen MR) is 317 cm³/mol. The SMILES string of the molecule is C=CC(=O)OCCCCCCOc1ccc(OC(=O)[C@H]2CC[C@H](C(=O)Oc3ccc(OC(=O)[C@H]4CC[C@H](C(=O)Oc5ccc(OCCCCCCOC(=O)C=C)cc5)CC4)c(/C=N/N(c4ccccn4)c4nc5ccccc5s4)c3)CC2)cc1. The van der Waals surface area contributed by atoms with Crippen LogP contribution < -0.4 is 33.4 Å². The van der Waals surface area contributed by atoms with E-state index < -0.39 is 47.5 Å². The van der Waals surface area contributed by atoms with Crippen LogP contribution in [0.25, 0.3) is 10.2 Å². The molecule has 2 saturated carbocycles. The van der Waals surface area contributed by atoms with Crippen molar-refractivity contribution < 1.29 is 66.7 Å². The van der Waals surface area contributed by atoms with Gasteiger partial charge in [-0.1, -0.05) is 42.7 Å². The first-order valence-electron chi connectivity index (χ1n) is 28.7. The summed E-state index contributed by atoms with van der Waals surface area (Å²) >= 11 is 1.43. The molecular weight excluding hydrogens is 1090 g/mol. The van der Waals surface area contributed by atoms with Gasteiger partial charge in [0.05, 0.1) is 66.5 Å². The van der Waals surface area contributed by atoms with Gasteiger partial charge in [0.1, 0.15) is 34.5 Å². The molecule has 18 nitrogen and oxygen atoms in total. The van der Waals surface area contributed by atoms with Crippen LogP contribution in [0.4, 0.5) is 10.9 Å². The Morgan fingerprint density at radius 1 is 0.512 bits per heavy atom. The van der Waals surface area contributed by atoms with E-state index in [0.717, 1.165) is 73.7 Å². The average molecular weight is 1160 g/mol. The van der Waals surface area contributed by atoms with Crippen LogP contribution in [0.15, 0.2) is 146 Å². The molecule has 19 heteroatoms. The summed E-state index contributed by atoms with van der Waals surface area (Å²) in [7, 11) is 0. The maximum absolute atomic E-state index is 14.0. The lowest BCUT2D eigenvalue weighted by Gasteiger charge is -2.26. The van der Waals surface area contributed by atoms with Crippen LogP contribution >= 0.6 is 11.3 Å². The van der Waals surface area contributed by atoms with Gasteiger partial charge in [0, 0.05) is 23.9 Å².